The van der Waals surface area contributed by atoms with Gasteiger partial charge in [0, 0.05) is 0 Å². The van der Waals surface area contributed by atoms with Gasteiger partial charge in [0.15, 0.2) is 0 Å². The number of nitrogens with zero attached hydrogens (tertiary/aromatic N) is 1. The van der Waals surface area contributed by atoms with Gasteiger partial charge in [0.05, 0.1) is 6.54 Å². The number of carbonyl (C=O) groups excluding carboxylic acids is 2. The summed E-state index contributed by atoms with van der Waals surface area (Å²) in [5, 5.41) is 2.89. The van der Waals surface area contributed by atoms with Crippen LogP contribution in [0.1, 0.15) is 50.8 Å². The van der Waals surface area contributed by atoms with Gasteiger partial charge in [-0.15, -0.1) is 0 Å². The summed E-state index contributed by atoms with van der Waals surface area (Å²) in [6.07, 6.45) is 1.33. The molecule has 3 rings (SSSR count). The van der Waals surface area contributed by atoms with E-state index in [0.29, 0.717) is 13.0 Å². The van der Waals surface area contributed by atoms with Gasteiger partial charge >= 0.3 is 6.03 Å². The fourth-order valence-corrected chi connectivity index (χ4v) is 3.39. The lowest BCUT2D eigenvalue weighted by Crippen LogP contribution is -2.44. The number of imide groups is 1. The molecule has 1 aliphatic rings. The second-order valence-electron chi connectivity index (χ2n) is 8.59. The van der Waals surface area contributed by atoms with Crippen molar-refractivity contribution >= 4 is 11.9 Å². The monoisotopic (exact) mass is 364 g/mol. The van der Waals surface area contributed by atoms with E-state index in [2.05, 4.69) is 38.2 Å². The molecule has 0 bridgehead atoms. The molecule has 2 aromatic rings. The van der Waals surface area contributed by atoms with Crippen LogP contribution in [0.15, 0.2) is 54.6 Å². The topological polar surface area (TPSA) is 49.4 Å². The van der Waals surface area contributed by atoms with Crippen LogP contribution in [-0.2, 0) is 23.2 Å². The average Bonchev–Trinajstić information content (AvgIpc) is 2.84. The molecule has 0 saturated carbocycles. The Morgan fingerprint density at radius 1 is 0.926 bits per heavy atom. The summed E-state index contributed by atoms with van der Waals surface area (Å²) in [5.41, 5.74) is 2.58. The highest BCUT2D eigenvalue weighted by atomic mass is 16.2. The maximum Gasteiger partial charge on any atom is 0.325 e. The lowest BCUT2D eigenvalue weighted by Gasteiger charge is -2.22. The van der Waals surface area contributed by atoms with Crippen molar-refractivity contribution in [1.82, 2.24) is 10.2 Å². The van der Waals surface area contributed by atoms with E-state index in [1.807, 2.05) is 49.4 Å². The second kappa shape index (κ2) is 7.18. The van der Waals surface area contributed by atoms with Crippen LogP contribution in [0.25, 0.3) is 0 Å². The fraction of sp³-hybridized carbons (Fsp3) is 0.391. The van der Waals surface area contributed by atoms with E-state index in [1.165, 1.54) is 10.5 Å². The average molecular weight is 364 g/mol. The summed E-state index contributed by atoms with van der Waals surface area (Å²) in [7, 11) is 0. The van der Waals surface area contributed by atoms with E-state index in [1.54, 1.807) is 0 Å². The number of aryl methyl sites for hydroxylation is 1. The maximum atomic E-state index is 12.9. The van der Waals surface area contributed by atoms with Gasteiger partial charge in [-0.1, -0.05) is 75.4 Å². The molecule has 142 valence electrons. The van der Waals surface area contributed by atoms with Crippen molar-refractivity contribution in [2.24, 2.45) is 0 Å². The highest BCUT2D eigenvalue weighted by molar-refractivity contribution is 6.06. The van der Waals surface area contributed by atoms with Crippen molar-refractivity contribution < 1.29 is 9.59 Å². The predicted octanol–water partition coefficient (Wildman–Crippen LogP) is 4.43. The third-order valence-electron chi connectivity index (χ3n) is 5.26. The normalized spacial score (nSPS) is 20.1. The van der Waals surface area contributed by atoms with E-state index in [9.17, 15) is 9.59 Å². The van der Waals surface area contributed by atoms with Gasteiger partial charge in [-0.3, -0.25) is 9.69 Å². The molecule has 1 saturated heterocycles. The number of nitrogens with one attached hydrogen (secondary N) is 1. The molecule has 3 amide bonds. The van der Waals surface area contributed by atoms with Gasteiger partial charge in [-0.05, 0) is 41.9 Å². The Labute approximate surface area is 161 Å². The molecule has 0 radical (unpaired) electrons. The quantitative estimate of drug-likeness (QED) is 0.798. The molecule has 4 nitrogen and oxygen atoms in total. The van der Waals surface area contributed by atoms with E-state index in [-0.39, 0.29) is 17.4 Å². The van der Waals surface area contributed by atoms with Crippen molar-refractivity contribution in [1.29, 1.82) is 0 Å². The Morgan fingerprint density at radius 3 is 2.15 bits per heavy atom. The smallest absolute Gasteiger partial charge is 0.323 e. The SMILES string of the molecule is CC(C)(C)c1ccc(CN2C(=O)N[C@](C)(CCc3ccccc3)C2=O)cc1. The largest absolute Gasteiger partial charge is 0.325 e. The highest BCUT2D eigenvalue weighted by Crippen LogP contribution is 2.26. The summed E-state index contributed by atoms with van der Waals surface area (Å²) in [4.78, 5) is 26.7. The summed E-state index contributed by atoms with van der Waals surface area (Å²) >= 11 is 0. The van der Waals surface area contributed by atoms with Gasteiger partial charge in [0.1, 0.15) is 5.54 Å². The Kier molecular flexibility index (Phi) is 5.09. The molecule has 1 aliphatic heterocycles. The number of benzene rings is 2. The van der Waals surface area contributed by atoms with Crippen LogP contribution >= 0.6 is 0 Å². The van der Waals surface area contributed by atoms with Gasteiger partial charge in [0.25, 0.3) is 5.91 Å². The van der Waals surface area contributed by atoms with Crippen LogP contribution < -0.4 is 5.32 Å². The molecule has 0 aromatic heterocycles. The first-order valence-electron chi connectivity index (χ1n) is 9.46. The Balaban J connectivity index is 1.68. The van der Waals surface area contributed by atoms with E-state index < -0.39 is 5.54 Å². The van der Waals surface area contributed by atoms with Crippen LogP contribution in [-0.4, -0.2) is 22.4 Å². The number of rotatable bonds is 5. The van der Waals surface area contributed by atoms with Crippen molar-refractivity contribution in [3.05, 3.63) is 71.3 Å². The Hall–Kier alpha value is -2.62. The van der Waals surface area contributed by atoms with Crippen molar-refractivity contribution in [3.8, 4) is 0 Å². The lowest BCUT2D eigenvalue weighted by molar-refractivity contribution is -0.131. The first kappa shape index (κ1) is 19.2. The van der Waals surface area contributed by atoms with E-state index >= 15 is 0 Å². The standard InChI is InChI=1S/C23H28N2O2/c1-22(2,3)19-12-10-18(11-13-19)16-25-20(26)23(4,24-21(25)27)15-14-17-8-6-5-7-9-17/h5-13H,14-16H2,1-4H3,(H,24,27)/t23-/m1/s1. The highest BCUT2D eigenvalue weighted by Gasteiger charge is 2.47. The van der Waals surface area contributed by atoms with Gasteiger partial charge in [-0.2, -0.15) is 0 Å². The number of urea groups is 1. The van der Waals surface area contributed by atoms with Gasteiger partial charge in [-0.25, -0.2) is 4.79 Å². The van der Waals surface area contributed by atoms with Crippen LogP contribution in [0.3, 0.4) is 0 Å². The summed E-state index contributed by atoms with van der Waals surface area (Å²) < 4.78 is 0. The van der Waals surface area contributed by atoms with E-state index in [4.69, 9.17) is 0 Å². The number of carbonyl (C=O) groups is 2. The third kappa shape index (κ3) is 4.21. The minimum atomic E-state index is -0.849. The maximum absolute atomic E-state index is 12.9. The zero-order valence-electron chi connectivity index (χ0n) is 16.6. The third-order valence-corrected chi connectivity index (χ3v) is 5.26. The molecule has 4 heteroatoms. The molecular weight excluding hydrogens is 336 g/mol. The van der Waals surface area contributed by atoms with E-state index in [0.717, 1.165) is 17.5 Å². The number of hydrogen-bond acceptors (Lipinski definition) is 2. The number of hydrogen-bond donors (Lipinski definition) is 1. The zero-order valence-corrected chi connectivity index (χ0v) is 16.6. The molecule has 2 aromatic carbocycles. The Morgan fingerprint density at radius 2 is 1.56 bits per heavy atom. The Bertz CT molecular complexity index is 822. The van der Waals surface area contributed by atoms with Crippen LogP contribution in [0, 0.1) is 0 Å². The van der Waals surface area contributed by atoms with Crippen molar-refractivity contribution in [2.45, 2.75) is 58.0 Å². The van der Waals surface area contributed by atoms with Gasteiger partial charge < -0.3 is 5.32 Å². The minimum Gasteiger partial charge on any atom is -0.323 e. The molecular formula is C23H28N2O2. The first-order valence-corrected chi connectivity index (χ1v) is 9.46. The molecule has 0 aliphatic carbocycles. The van der Waals surface area contributed by atoms with Gasteiger partial charge in [0.2, 0.25) is 0 Å². The lowest BCUT2D eigenvalue weighted by atomic mass is 9.87. The van der Waals surface area contributed by atoms with Crippen molar-refractivity contribution in [3.63, 3.8) is 0 Å². The van der Waals surface area contributed by atoms with Crippen molar-refractivity contribution in [2.75, 3.05) is 0 Å². The molecule has 1 fully saturated rings. The zero-order chi connectivity index (χ0) is 19.7. The summed E-state index contributed by atoms with van der Waals surface area (Å²) in [6.45, 7) is 8.61. The number of amides is 3. The predicted molar refractivity (Wildman–Crippen MR) is 107 cm³/mol. The molecule has 1 atom stereocenters. The second-order valence-corrected chi connectivity index (χ2v) is 8.59. The molecule has 27 heavy (non-hydrogen) atoms. The van der Waals surface area contributed by atoms with Crippen LogP contribution in [0.2, 0.25) is 0 Å². The first-order chi connectivity index (χ1) is 12.7. The fourth-order valence-electron chi connectivity index (χ4n) is 3.39. The molecule has 1 N–H and O–H groups in total. The molecule has 0 unspecified atom stereocenters. The molecule has 1 heterocycles. The molecule has 0 spiro atoms. The minimum absolute atomic E-state index is 0.0787. The van der Waals surface area contributed by atoms with Crippen LogP contribution in [0.5, 0.6) is 0 Å². The summed E-state index contributed by atoms with van der Waals surface area (Å²) in [5.74, 6) is -0.150. The summed E-state index contributed by atoms with van der Waals surface area (Å²) in [6, 6.07) is 17.9. The van der Waals surface area contributed by atoms with Crippen LogP contribution in [0.4, 0.5) is 4.79 Å².